The first kappa shape index (κ1) is 30.5. The molecule has 1 nitrogen and oxygen atoms in total. The molecule has 4 aromatic carbocycles. The van der Waals surface area contributed by atoms with Gasteiger partial charge in [-0.25, -0.2) is 35.1 Å². The normalized spacial score (nSPS) is 11.3. The van der Waals surface area contributed by atoms with Crippen molar-refractivity contribution in [2.75, 3.05) is 0 Å². The number of unbranched alkanes of at least 4 members (excludes halogenated alkanes) is 1. The van der Waals surface area contributed by atoms with Crippen molar-refractivity contribution in [1.82, 2.24) is 0 Å². The fraction of sp³-hybridized carbons (Fsp3) is 0.161. The highest BCUT2D eigenvalue weighted by Gasteiger charge is 2.41. The zero-order valence-electron chi connectivity index (χ0n) is 21.5. The van der Waals surface area contributed by atoms with Crippen molar-refractivity contribution < 1.29 is 48.6 Å². The zero-order chi connectivity index (χ0) is 30.8. The molecule has 0 heterocycles. The second kappa shape index (κ2) is 12.2. The average molecular weight is 596 g/mol. The van der Waals surface area contributed by atoms with Gasteiger partial charge in [0.1, 0.15) is 40.4 Å². The monoisotopic (exact) mass is 596 g/mol. The third-order valence-corrected chi connectivity index (χ3v) is 6.07. The molecule has 11 heteroatoms. The Morgan fingerprint density at radius 1 is 0.667 bits per heavy atom. The van der Waals surface area contributed by atoms with E-state index in [1.165, 1.54) is 0 Å². The molecule has 42 heavy (non-hydrogen) atoms. The molecule has 0 bridgehead atoms. The van der Waals surface area contributed by atoms with Gasteiger partial charge in [-0.15, -0.1) is 0 Å². The predicted molar refractivity (Wildman–Crippen MR) is 134 cm³/mol. The summed E-state index contributed by atoms with van der Waals surface area (Å²) in [6.45, 7) is 1.90. The Bertz CT molecular complexity index is 1650. The maximum atomic E-state index is 14.8. The smallest absolute Gasteiger partial charge is 0.429 e. The summed E-state index contributed by atoms with van der Waals surface area (Å²) in [4.78, 5) is 0. The Kier molecular flexibility index (Phi) is 8.85. The summed E-state index contributed by atoms with van der Waals surface area (Å²) in [5.41, 5.74) is -3.62. The molecule has 0 amide bonds. The number of alkyl halides is 2. The van der Waals surface area contributed by atoms with Gasteiger partial charge in [0.15, 0.2) is 17.5 Å². The molecule has 0 aliphatic carbocycles. The van der Waals surface area contributed by atoms with Crippen LogP contribution in [-0.4, -0.2) is 0 Å². The number of benzene rings is 4. The molecule has 0 atom stereocenters. The highest BCUT2D eigenvalue weighted by Crippen LogP contribution is 2.37. The fourth-order valence-electron chi connectivity index (χ4n) is 4.03. The van der Waals surface area contributed by atoms with Gasteiger partial charge < -0.3 is 4.74 Å². The van der Waals surface area contributed by atoms with Crippen LogP contribution in [0.4, 0.5) is 43.9 Å². The molecule has 0 radical (unpaired) electrons. The molecule has 0 unspecified atom stereocenters. The summed E-state index contributed by atoms with van der Waals surface area (Å²) in [7, 11) is 0. The highest BCUT2D eigenvalue weighted by atomic mass is 19.3. The van der Waals surface area contributed by atoms with Crippen LogP contribution in [0.1, 0.15) is 42.0 Å². The number of halogens is 10. The first-order valence-corrected chi connectivity index (χ1v) is 12.3. The summed E-state index contributed by atoms with van der Waals surface area (Å²) in [5.74, 6) is -8.68. The van der Waals surface area contributed by atoms with Crippen molar-refractivity contribution in [3.05, 3.63) is 123 Å². The van der Waals surface area contributed by atoms with Crippen LogP contribution in [0.2, 0.25) is 0 Å². The van der Waals surface area contributed by atoms with E-state index in [4.69, 9.17) is 0 Å². The molecule has 0 aromatic heterocycles. The first-order valence-electron chi connectivity index (χ1n) is 12.3. The number of ether oxygens (including phenoxy) is 1. The second-order valence-corrected chi connectivity index (χ2v) is 9.12. The van der Waals surface area contributed by atoms with E-state index in [0.717, 1.165) is 30.7 Å². The Balaban J connectivity index is 1.58. The van der Waals surface area contributed by atoms with Crippen molar-refractivity contribution in [3.8, 4) is 28.7 Å². The summed E-state index contributed by atoms with van der Waals surface area (Å²) in [5, 5.41) is 0. The molecule has 0 saturated heterocycles. The van der Waals surface area contributed by atoms with E-state index >= 15 is 0 Å². The number of hydrogen-bond acceptors (Lipinski definition) is 1. The Hall–Kier alpha value is -4.46. The van der Waals surface area contributed by atoms with Gasteiger partial charge in [0.05, 0.1) is 5.56 Å². The lowest BCUT2D eigenvalue weighted by atomic mass is 10.0. The predicted octanol–water partition coefficient (Wildman–Crippen LogP) is 9.34. The lowest BCUT2D eigenvalue weighted by molar-refractivity contribution is -0.189. The molecule has 4 aromatic rings. The van der Waals surface area contributed by atoms with Crippen molar-refractivity contribution in [2.24, 2.45) is 0 Å². The van der Waals surface area contributed by atoms with Gasteiger partial charge in [-0.2, -0.15) is 8.78 Å². The summed E-state index contributed by atoms with van der Waals surface area (Å²) >= 11 is 0. The van der Waals surface area contributed by atoms with E-state index in [9.17, 15) is 43.9 Å². The van der Waals surface area contributed by atoms with Crippen molar-refractivity contribution in [3.63, 3.8) is 0 Å². The second-order valence-electron chi connectivity index (χ2n) is 9.12. The van der Waals surface area contributed by atoms with Gasteiger partial charge in [-0.3, -0.25) is 0 Å². The van der Waals surface area contributed by atoms with E-state index in [1.54, 1.807) is 0 Å². The molecule has 4 rings (SSSR count). The van der Waals surface area contributed by atoms with Crippen LogP contribution in [0.3, 0.4) is 0 Å². The fourth-order valence-corrected chi connectivity index (χ4v) is 4.03. The molecule has 0 N–H and O–H groups in total. The Labute approximate surface area is 233 Å². The number of rotatable bonds is 7. The van der Waals surface area contributed by atoms with E-state index < -0.39 is 86.2 Å². The van der Waals surface area contributed by atoms with Crippen LogP contribution >= 0.6 is 0 Å². The van der Waals surface area contributed by atoms with Gasteiger partial charge in [-0.05, 0) is 72.5 Å². The summed E-state index contributed by atoms with van der Waals surface area (Å²) in [6, 6.07) is 5.80. The van der Waals surface area contributed by atoms with Crippen LogP contribution < -0.4 is 4.74 Å². The minimum absolute atomic E-state index is 0.370. The van der Waals surface area contributed by atoms with E-state index in [-0.39, 0.29) is 0 Å². The Morgan fingerprint density at radius 2 is 1.26 bits per heavy atom. The van der Waals surface area contributed by atoms with Crippen molar-refractivity contribution in [2.45, 2.75) is 32.3 Å². The minimum Gasteiger partial charge on any atom is -0.429 e. The zero-order valence-corrected chi connectivity index (χ0v) is 21.5. The molecule has 218 valence electrons. The first-order chi connectivity index (χ1) is 19.8. The van der Waals surface area contributed by atoms with E-state index in [1.807, 2.05) is 6.92 Å². The van der Waals surface area contributed by atoms with Crippen LogP contribution in [0.25, 0.3) is 11.1 Å². The molecule has 0 saturated carbocycles. The van der Waals surface area contributed by atoms with E-state index in [2.05, 4.69) is 16.6 Å². The molecule has 0 spiro atoms. The van der Waals surface area contributed by atoms with Crippen LogP contribution in [0.5, 0.6) is 5.75 Å². The lowest BCUT2D eigenvalue weighted by Gasteiger charge is -2.20. The van der Waals surface area contributed by atoms with E-state index in [0.29, 0.717) is 48.7 Å². The maximum Gasteiger partial charge on any atom is 0.432 e. The molecule has 0 aliphatic heterocycles. The summed E-state index contributed by atoms with van der Waals surface area (Å²) in [6.07, 6.45) is -2.78. The molecule has 0 fully saturated rings. The van der Waals surface area contributed by atoms with Crippen LogP contribution in [0.15, 0.2) is 54.6 Å². The molecular formula is C31H18F10O. The highest BCUT2D eigenvalue weighted by molar-refractivity contribution is 5.65. The minimum atomic E-state index is -4.70. The average Bonchev–Trinajstić information content (AvgIpc) is 2.89. The standard InChI is InChI=1S/C31H18F10O/c1-2-3-4-16-9-22(32)21(23(33)10-16)7-5-17-11-25(35)29(26(36)12-17)31(40,41)42-19-6-8-20(24(34)15-19)18-13-27(37)30(39)28(38)14-18/h6,8-15H,2-4H2,1H3. The van der Waals surface area contributed by atoms with Gasteiger partial charge >= 0.3 is 6.11 Å². The molecule has 0 aliphatic rings. The largest absolute Gasteiger partial charge is 0.432 e. The topological polar surface area (TPSA) is 9.23 Å². The van der Waals surface area contributed by atoms with Gasteiger partial charge in [0, 0.05) is 17.2 Å². The SMILES string of the molecule is CCCCc1cc(F)c(C#Cc2cc(F)c(C(F)(F)Oc3ccc(-c4cc(F)c(F)c(F)c4)c(F)c3)c(F)c2)c(F)c1. The number of hydrogen-bond donors (Lipinski definition) is 0. The Morgan fingerprint density at radius 3 is 1.81 bits per heavy atom. The third kappa shape index (κ3) is 6.54. The van der Waals surface area contributed by atoms with Gasteiger partial charge in [0.2, 0.25) is 0 Å². The van der Waals surface area contributed by atoms with Crippen molar-refractivity contribution in [1.29, 1.82) is 0 Å². The lowest BCUT2D eigenvalue weighted by Crippen LogP contribution is -2.25. The van der Waals surface area contributed by atoms with Gasteiger partial charge in [-0.1, -0.05) is 25.2 Å². The van der Waals surface area contributed by atoms with Crippen LogP contribution in [0, 0.1) is 58.4 Å². The quantitative estimate of drug-likeness (QED) is 0.117. The molecular weight excluding hydrogens is 578 g/mol. The van der Waals surface area contributed by atoms with Crippen LogP contribution in [-0.2, 0) is 12.5 Å². The summed E-state index contributed by atoms with van der Waals surface area (Å²) < 4.78 is 147. The number of aryl methyl sites for hydroxylation is 1. The van der Waals surface area contributed by atoms with Gasteiger partial charge in [0.25, 0.3) is 0 Å². The maximum absolute atomic E-state index is 14.8. The van der Waals surface area contributed by atoms with Crippen molar-refractivity contribution >= 4 is 0 Å². The third-order valence-electron chi connectivity index (χ3n) is 6.07.